The van der Waals surface area contributed by atoms with Crippen LogP contribution in [0.3, 0.4) is 0 Å². The highest BCUT2D eigenvalue weighted by Crippen LogP contribution is 2.43. The molecule has 3 aliphatic carbocycles. The number of halogens is 6. The first-order valence-electron chi connectivity index (χ1n) is 24.4. The van der Waals surface area contributed by atoms with Crippen molar-refractivity contribution in [2.24, 2.45) is 4.99 Å². The van der Waals surface area contributed by atoms with Crippen molar-refractivity contribution in [1.82, 2.24) is 45.7 Å². The molecule has 6 heterocycles. The molecule has 22 heteroatoms. The number of carbonyl (C=O) groups excluding carboxylic acids is 2. The number of nitrogens with one attached hydrogen (secondary N) is 4. The fourth-order valence-corrected chi connectivity index (χ4v) is 11.0. The van der Waals surface area contributed by atoms with Crippen LogP contribution in [0.1, 0.15) is 86.6 Å². The molecular weight excluding hydrogens is 943 g/mol. The smallest absolute Gasteiger partial charge is 0.397 e. The maximum Gasteiger partial charge on any atom is 0.416 e. The molecule has 0 bridgehead atoms. The van der Waals surface area contributed by atoms with Crippen LogP contribution < -0.4 is 37.6 Å². The van der Waals surface area contributed by atoms with Crippen molar-refractivity contribution >= 4 is 51.9 Å². The zero-order chi connectivity index (χ0) is 50.3. The maximum absolute atomic E-state index is 14.1. The van der Waals surface area contributed by atoms with Gasteiger partial charge in [-0.3, -0.25) is 34.3 Å². The van der Waals surface area contributed by atoms with Crippen LogP contribution in [0.5, 0.6) is 0 Å². The first-order chi connectivity index (χ1) is 34.5. The zero-order valence-electron chi connectivity index (χ0n) is 39.3. The second kappa shape index (κ2) is 20.0. The molecular formula is C50H56F6N14O2. The van der Waals surface area contributed by atoms with Crippen molar-refractivity contribution in [2.75, 3.05) is 61.0 Å². The number of aromatic nitrogens is 4. The van der Waals surface area contributed by atoms with E-state index >= 15 is 0 Å². The Kier molecular flexibility index (Phi) is 13.6. The normalized spacial score (nSPS) is 23.4. The molecule has 0 unspecified atom stereocenters. The molecule has 8 N–H and O–H groups in total. The highest BCUT2D eigenvalue weighted by molar-refractivity contribution is 5.92. The molecule has 4 fully saturated rings. The Morgan fingerprint density at radius 2 is 1.35 bits per heavy atom. The summed E-state index contributed by atoms with van der Waals surface area (Å²) in [5.41, 5.74) is 15.5. The van der Waals surface area contributed by atoms with E-state index in [1.54, 1.807) is 23.4 Å². The standard InChI is InChI=1S/C50H56F6N14O2/c51-49(52,53)30-5-12-42-38(15-30)47(64-26-63-42)61-20-44(71)66-34-24-69(25-34)36-10-3-29(4-11-36)46-40(58)17-37(19-60-46)70-27-65-48(39-16-31(50(54,55)56)6-14-43(39)70)62-21-45(72)67-33-22-68(23-33)35-8-1-28(2-9-35)41-13-7-32(57)18-59-41/h5-7,12-15,17-19,26-29,33-36,62H,1-4,8-11,16,20-25,57-58H2,(H,66,71)(H,67,72)(H,61,63,64). The molecule has 0 atom stereocenters. The van der Waals surface area contributed by atoms with Gasteiger partial charge in [-0.25, -0.2) is 15.0 Å². The van der Waals surface area contributed by atoms with Crippen molar-refractivity contribution < 1.29 is 35.9 Å². The van der Waals surface area contributed by atoms with Crippen LogP contribution in [0.25, 0.3) is 10.9 Å². The molecule has 3 aliphatic heterocycles. The number of anilines is 4. The van der Waals surface area contributed by atoms with Gasteiger partial charge in [0, 0.05) is 78.7 Å². The SMILES string of the molecule is Nc1ccc(C2CCC(N3CC(NC(=O)CNC4=C5CC(C(F)(F)F)=CC=C5N(c5cnc(C6CCC(N7CC(NC(=O)CNc8ncnc9ccc(C(F)(F)F)cc89)C7)CC6)c(N)c5)C=N4)C3)CC2)nc1. The number of rotatable bonds is 13. The van der Waals surface area contributed by atoms with E-state index in [2.05, 4.69) is 51.0 Å². The van der Waals surface area contributed by atoms with E-state index in [4.69, 9.17) is 16.5 Å². The van der Waals surface area contributed by atoms with Crippen LogP contribution in [0.15, 0.2) is 94.9 Å². The number of nitrogen functional groups attached to an aromatic ring is 2. The topological polar surface area (TPSA) is 208 Å². The van der Waals surface area contributed by atoms with Gasteiger partial charge in [0.2, 0.25) is 11.8 Å². The average molecular weight is 999 g/mol. The Balaban J connectivity index is 0.685. The lowest BCUT2D eigenvalue weighted by molar-refractivity contribution is -0.137. The second-order valence-corrected chi connectivity index (χ2v) is 19.7. The second-order valence-electron chi connectivity index (χ2n) is 19.7. The summed E-state index contributed by atoms with van der Waals surface area (Å²) < 4.78 is 82.2. The maximum atomic E-state index is 14.1. The Morgan fingerprint density at radius 3 is 1.96 bits per heavy atom. The van der Waals surface area contributed by atoms with Gasteiger partial charge in [-0.1, -0.05) is 6.08 Å². The zero-order valence-corrected chi connectivity index (χ0v) is 39.3. The van der Waals surface area contributed by atoms with Crippen LogP contribution in [-0.2, 0) is 15.8 Å². The number of nitrogens with zero attached hydrogens (tertiary/aromatic N) is 8. The van der Waals surface area contributed by atoms with Crippen molar-refractivity contribution in [3.05, 3.63) is 107 Å². The number of alkyl halides is 6. The van der Waals surface area contributed by atoms with E-state index in [1.165, 1.54) is 24.8 Å². The van der Waals surface area contributed by atoms with Gasteiger partial charge in [0.25, 0.3) is 0 Å². The van der Waals surface area contributed by atoms with E-state index in [0.717, 1.165) is 94.1 Å². The van der Waals surface area contributed by atoms with E-state index in [-0.39, 0.29) is 59.9 Å². The number of carbonyl (C=O) groups is 2. The number of benzene rings is 1. The molecule has 2 saturated carbocycles. The number of hydrogen-bond acceptors (Lipinski definition) is 14. The number of pyridine rings is 2. The monoisotopic (exact) mass is 998 g/mol. The van der Waals surface area contributed by atoms with E-state index < -0.39 is 29.9 Å². The Labute approximate surface area is 411 Å². The number of nitrogens with two attached hydrogens (primary N) is 2. The van der Waals surface area contributed by atoms with Crippen LogP contribution in [0.4, 0.5) is 49.2 Å². The number of hydrogen-bond donors (Lipinski definition) is 6. The molecule has 0 radical (unpaired) electrons. The minimum absolute atomic E-state index is 0.0155. The van der Waals surface area contributed by atoms with Gasteiger partial charge in [-0.15, -0.1) is 0 Å². The summed E-state index contributed by atoms with van der Waals surface area (Å²) in [7, 11) is 0. The van der Waals surface area contributed by atoms with Gasteiger partial charge in [-0.05, 0) is 93.8 Å². The highest BCUT2D eigenvalue weighted by atomic mass is 19.4. The van der Waals surface area contributed by atoms with Crippen molar-refractivity contribution in [2.45, 2.75) is 106 Å². The summed E-state index contributed by atoms with van der Waals surface area (Å²) in [6, 6.07) is 9.54. The molecule has 4 aromatic rings. The molecule has 3 aromatic heterocycles. The lowest BCUT2D eigenvalue weighted by Gasteiger charge is -2.46. The van der Waals surface area contributed by atoms with E-state index in [1.807, 2.05) is 12.1 Å². The molecule has 2 amide bonds. The van der Waals surface area contributed by atoms with Crippen LogP contribution >= 0.6 is 0 Å². The number of likely N-dealkylation sites (tertiary alicyclic amines) is 2. The number of allylic oxidation sites excluding steroid dienone is 4. The van der Waals surface area contributed by atoms with Gasteiger partial charge in [0.05, 0.1) is 77.1 Å². The van der Waals surface area contributed by atoms with Gasteiger partial charge < -0.3 is 32.7 Å². The van der Waals surface area contributed by atoms with Crippen LogP contribution in [0.2, 0.25) is 0 Å². The average Bonchev–Trinajstić information content (AvgIpc) is 3.34. The highest BCUT2D eigenvalue weighted by Gasteiger charge is 2.40. The summed E-state index contributed by atoms with van der Waals surface area (Å²) in [5, 5.41) is 12.1. The minimum atomic E-state index is -4.56. The van der Waals surface area contributed by atoms with E-state index in [0.29, 0.717) is 64.9 Å². The summed E-state index contributed by atoms with van der Waals surface area (Å²) in [4.78, 5) is 54.2. The van der Waals surface area contributed by atoms with Gasteiger partial charge in [0.1, 0.15) is 24.3 Å². The molecule has 10 rings (SSSR count). The van der Waals surface area contributed by atoms with E-state index in [9.17, 15) is 35.9 Å². The lowest BCUT2D eigenvalue weighted by Crippen LogP contribution is -2.63. The Morgan fingerprint density at radius 1 is 0.694 bits per heavy atom. The van der Waals surface area contributed by atoms with Gasteiger partial charge in [0.15, 0.2) is 0 Å². The number of fused-ring (bicyclic) bond motifs is 2. The predicted molar refractivity (Wildman–Crippen MR) is 260 cm³/mol. The third kappa shape index (κ3) is 10.7. The first kappa shape index (κ1) is 48.8. The van der Waals surface area contributed by atoms with Crippen molar-refractivity contribution in [3.63, 3.8) is 0 Å². The molecule has 1 aromatic carbocycles. The molecule has 2 saturated heterocycles. The fourth-order valence-electron chi connectivity index (χ4n) is 11.0. The van der Waals surface area contributed by atoms with Crippen LogP contribution in [0, 0.1) is 0 Å². The molecule has 6 aliphatic rings. The summed E-state index contributed by atoms with van der Waals surface area (Å²) in [5.74, 6) is 0.277. The van der Waals surface area contributed by atoms with Gasteiger partial charge >= 0.3 is 12.4 Å². The fraction of sp³-hybridized carbons (Fsp3) is 0.460. The summed E-state index contributed by atoms with van der Waals surface area (Å²) in [6.45, 7) is 2.50. The lowest BCUT2D eigenvalue weighted by atomic mass is 9.81. The minimum Gasteiger partial charge on any atom is -0.397 e. The molecule has 16 nitrogen and oxygen atoms in total. The number of amides is 2. The third-order valence-electron chi connectivity index (χ3n) is 14.9. The predicted octanol–water partition coefficient (Wildman–Crippen LogP) is 6.49. The van der Waals surface area contributed by atoms with Gasteiger partial charge in [-0.2, -0.15) is 26.3 Å². The summed E-state index contributed by atoms with van der Waals surface area (Å²) >= 11 is 0. The Hall–Kier alpha value is -6.81. The summed E-state index contributed by atoms with van der Waals surface area (Å²) in [6.07, 6.45) is 6.69. The first-order valence-corrected chi connectivity index (χ1v) is 24.4. The largest absolute Gasteiger partial charge is 0.416 e. The van der Waals surface area contributed by atoms with Crippen molar-refractivity contribution in [3.8, 4) is 0 Å². The molecule has 380 valence electrons. The van der Waals surface area contributed by atoms with Crippen molar-refractivity contribution in [1.29, 1.82) is 0 Å². The quantitative estimate of drug-likeness (QED) is 0.0793. The Bertz CT molecular complexity index is 2810. The number of aliphatic imine (C=N–C) groups is 1. The molecule has 0 spiro atoms. The van der Waals surface area contributed by atoms with Crippen LogP contribution in [-0.4, -0.2) is 118 Å². The molecule has 72 heavy (non-hydrogen) atoms. The third-order valence-corrected chi connectivity index (χ3v) is 14.9.